The minimum absolute atomic E-state index is 0.145. The van der Waals surface area contributed by atoms with Gasteiger partial charge >= 0.3 is 0 Å². The fraction of sp³-hybridized carbons (Fsp3) is 0.500. The van der Waals surface area contributed by atoms with Gasteiger partial charge in [-0.05, 0) is 22.2 Å². The SMILES string of the molecule is [N-]=[N+]=NCCOCCOCCOC[C@H](O)CN[C@H]1CO[C@H](COCc2ccccc2)[C@H](OCc2ccccc2)[C@@H]1OCc1ccccc1. The third-order valence-corrected chi connectivity index (χ3v) is 7.61. The summed E-state index contributed by atoms with van der Waals surface area (Å²) in [5, 5.41) is 17.6. The molecule has 5 atom stereocenters. The molecule has 1 aliphatic heterocycles. The number of azide groups is 1. The first-order valence-corrected chi connectivity index (χ1v) is 16.4. The standard InChI is InChI=1S/C36H48N4O8/c37-40-39-16-17-42-18-19-43-20-21-44-26-32(41)22-38-33-27-46-34(28-45-23-29-10-4-1-5-11-29)36(48-25-31-14-8-3-9-15-31)35(33)47-24-30-12-6-2-7-13-30/h1-15,32-36,38,41H,16-28H2/t32-,33+,34-,35-,36+/m1/s1. The van der Waals surface area contributed by atoms with E-state index in [1.165, 1.54) is 0 Å². The van der Waals surface area contributed by atoms with E-state index in [-0.39, 0.29) is 31.4 Å². The van der Waals surface area contributed by atoms with Crippen LogP contribution in [0.3, 0.4) is 0 Å². The van der Waals surface area contributed by atoms with Crippen molar-refractivity contribution in [1.29, 1.82) is 0 Å². The van der Waals surface area contributed by atoms with Gasteiger partial charge < -0.3 is 43.6 Å². The van der Waals surface area contributed by atoms with Crippen molar-refractivity contribution in [2.45, 2.75) is 50.3 Å². The van der Waals surface area contributed by atoms with Crippen LogP contribution in [0.2, 0.25) is 0 Å². The van der Waals surface area contributed by atoms with Gasteiger partial charge in [0.25, 0.3) is 0 Å². The number of hydrogen-bond acceptors (Lipinski definition) is 10. The summed E-state index contributed by atoms with van der Waals surface area (Å²) in [5.74, 6) is 0. The van der Waals surface area contributed by atoms with Gasteiger partial charge in [-0.1, -0.05) is 96.1 Å². The first-order valence-electron chi connectivity index (χ1n) is 16.4. The van der Waals surface area contributed by atoms with Crippen molar-refractivity contribution >= 4 is 0 Å². The minimum Gasteiger partial charge on any atom is -0.389 e. The Labute approximate surface area is 282 Å². The Morgan fingerprint density at radius 2 is 1.27 bits per heavy atom. The summed E-state index contributed by atoms with van der Waals surface area (Å²) in [7, 11) is 0. The molecule has 2 N–H and O–H groups in total. The highest BCUT2D eigenvalue weighted by Gasteiger charge is 2.42. The summed E-state index contributed by atoms with van der Waals surface area (Å²) in [6.07, 6.45) is -1.94. The summed E-state index contributed by atoms with van der Waals surface area (Å²) in [5.41, 5.74) is 11.4. The van der Waals surface area contributed by atoms with Crippen molar-refractivity contribution in [1.82, 2.24) is 5.32 Å². The molecule has 0 saturated carbocycles. The van der Waals surface area contributed by atoms with E-state index in [1.54, 1.807) is 0 Å². The molecule has 3 aromatic carbocycles. The third-order valence-electron chi connectivity index (χ3n) is 7.61. The highest BCUT2D eigenvalue weighted by atomic mass is 16.6. The van der Waals surface area contributed by atoms with Crippen molar-refractivity contribution in [2.75, 3.05) is 65.9 Å². The van der Waals surface area contributed by atoms with Crippen molar-refractivity contribution in [2.24, 2.45) is 5.11 Å². The van der Waals surface area contributed by atoms with Gasteiger partial charge in [0.15, 0.2) is 0 Å². The van der Waals surface area contributed by atoms with E-state index < -0.39 is 12.2 Å². The number of aliphatic hydroxyl groups is 1. The normalized spacial score (nSPS) is 19.9. The lowest BCUT2D eigenvalue weighted by molar-refractivity contribution is -0.209. The van der Waals surface area contributed by atoms with Gasteiger partial charge in [-0.3, -0.25) is 0 Å². The summed E-state index contributed by atoms with van der Waals surface area (Å²) in [6.45, 7) is 4.55. The summed E-state index contributed by atoms with van der Waals surface area (Å²) < 4.78 is 42.0. The van der Waals surface area contributed by atoms with Crippen LogP contribution < -0.4 is 5.32 Å². The van der Waals surface area contributed by atoms with Crippen molar-refractivity contribution in [3.8, 4) is 0 Å². The van der Waals surface area contributed by atoms with Crippen LogP contribution in [0.25, 0.3) is 10.4 Å². The second kappa shape index (κ2) is 23.0. The minimum atomic E-state index is -0.751. The Morgan fingerprint density at radius 3 is 1.88 bits per heavy atom. The fourth-order valence-corrected chi connectivity index (χ4v) is 5.14. The largest absolute Gasteiger partial charge is 0.389 e. The highest BCUT2D eigenvalue weighted by molar-refractivity contribution is 5.15. The number of hydrogen-bond donors (Lipinski definition) is 2. The molecule has 4 rings (SSSR count). The molecule has 0 spiro atoms. The number of benzene rings is 3. The zero-order chi connectivity index (χ0) is 33.5. The Morgan fingerprint density at radius 1 is 0.729 bits per heavy atom. The fourth-order valence-electron chi connectivity index (χ4n) is 5.14. The van der Waals surface area contributed by atoms with Crippen molar-refractivity contribution in [3.05, 3.63) is 118 Å². The van der Waals surface area contributed by atoms with E-state index in [0.29, 0.717) is 72.6 Å². The Balaban J connectivity index is 1.30. The molecule has 0 radical (unpaired) electrons. The maximum absolute atomic E-state index is 10.7. The van der Waals surface area contributed by atoms with Crippen molar-refractivity contribution < 1.29 is 38.3 Å². The van der Waals surface area contributed by atoms with E-state index >= 15 is 0 Å². The summed E-state index contributed by atoms with van der Waals surface area (Å²) in [4.78, 5) is 2.67. The van der Waals surface area contributed by atoms with Crippen molar-refractivity contribution in [3.63, 3.8) is 0 Å². The lowest BCUT2D eigenvalue weighted by atomic mass is 9.97. The van der Waals surface area contributed by atoms with Gasteiger partial charge in [0.1, 0.15) is 18.3 Å². The Bertz CT molecular complexity index is 1290. The zero-order valence-electron chi connectivity index (χ0n) is 27.4. The molecule has 0 unspecified atom stereocenters. The molecule has 12 nitrogen and oxygen atoms in total. The predicted octanol–water partition coefficient (Wildman–Crippen LogP) is 4.45. The smallest absolute Gasteiger partial charge is 0.114 e. The van der Waals surface area contributed by atoms with Crippen LogP contribution in [0.5, 0.6) is 0 Å². The van der Waals surface area contributed by atoms with Crippen LogP contribution in [0.15, 0.2) is 96.1 Å². The lowest BCUT2D eigenvalue weighted by Crippen LogP contribution is -2.61. The van der Waals surface area contributed by atoms with Gasteiger partial charge in [0.05, 0.1) is 84.8 Å². The first-order chi connectivity index (χ1) is 23.7. The molecular weight excluding hydrogens is 616 g/mol. The molecule has 48 heavy (non-hydrogen) atoms. The van der Waals surface area contributed by atoms with Crippen LogP contribution in [-0.2, 0) is 53.0 Å². The van der Waals surface area contributed by atoms with Gasteiger partial charge in [0.2, 0.25) is 0 Å². The second-order valence-electron chi connectivity index (χ2n) is 11.3. The number of rotatable bonds is 24. The molecule has 0 aliphatic carbocycles. The maximum Gasteiger partial charge on any atom is 0.114 e. The topological polar surface area (TPSA) is 146 Å². The third kappa shape index (κ3) is 14.4. The van der Waals surface area contributed by atoms with Crippen LogP contribution >= 0.6 is 0 Å². The van der Waals surface area contributed by atoms with Crippen LogP contribution in [-0.4, -0.2) is 102 Å². The average Bonchev–Trinajstić information content (AvgIpc) is 3.13. The Kier molecular flexibility index (Phi) is 18.0. The van der Waals surface area contributed by atoms with E-state index in [2.05, 4.69) is 15.3 Å². The molecule has 12 heteroatoms. The van der Waals surface area contributed by atoms with Crippen LogP contribution in [0, 0.1) is 0 Å². The Hall–Kier alpha value is -3.39. The number of aliphatic hydroxyl groups excluding tert-OH is 1. The molecule has 1 heterocycles. The lowest BCUT2D eigenvalue weighted by Gasteiger charge is -2.43. The molecule has 3 aromatic rings. The highest BCUT2D eigenvalue weighted by Crippen LogP contribution is 2.25. The van der Waals surface area contributed by atoms with E-state index in [1.807, 2.05) is 91.0 Å². The van der Waals surface area contributed by atoms with E-state index in [0.717, 1.165) is 16.7 Å². The quantitative estimate of drug-likeness (QED) is 0.0614. The van der Waals surface area contributed by atoms with Gasteiger partial charge in [-0.2, -0.15) is 0 Å². The molecule has 260 valence electrons. The molecule has 0 aromatic heterocycles. The molecule has 1 fully saturated rings. The first kappa shape index (κ1) is 37.4. The maximum atomic E-state index is 10.7. The van der Waals surface area contributed by atoms with Gasteiger partial charge in [0, 0.05) is 18.0 Å². The van der Waals surface area contributed by atoms with Crippen LogP contribution in [0.1, 0.15) is 16.7 Å². The molecule has 0 amide bonds. The molecule has 1 aliphatic rings. The molecular formula is C36H48N4O8. The molecule has 1 saturated heterocycles. The van der Waals surface area contributed by atoms with E-state index in [9.17, 15) is 5.11 Å². The number of nitrogens with one attached hydrogen (secondary N) is 1. The average molecular weight is 665 g/mol. The summed E-state index contributed by atoms with van der Waals surface area (Å²) >= 11 is 0. The van der Waals surface area contributed by atoms with Gasteiger partial charge in [-0.15, -0.1) is 0 Å². The number of ether oxygens (including phenoxy) is 7. The van der Waals surface area contributed by atoms with Crippen LogP contribution in [0.4, 0.5) is 0 Å². The predicted molar refractivity (Wildman–Crippen MR) is 180 cm³/mol. The number of nitrogens with zero attached hydrogens (tertiary/aromatic N) is 3. The van der Waals surface area contributed by atoms with E-state index in [4.69, 9.17) is 38.7 Å². The van der Waals surface area contributed by atoms with Gasteiger partial charge in [-0.25, -0.2) is 0 Å². The summed E-state index contributed by atoms with van der Waals surface area (Å²) in [6, 6.07) is 29.8. The monoisotopic (exact) mass is 664 g/mol. The second-order valence-corrected chi connectivity index (χ2v) is 11.3. The zero-order valence-corrected chi connectivity index (χ0v) is 27.4. The molecule has 0 bridgehead atoms.